The van der Waals surface area contributed by atoms with E-state index in [0.717, 1.165) is 13.1 Å². The van der Waals surface area contributed by atoms with Gasteiger partial charge in [0.2, 0.25) is 0 Å². The maximum absolute atomic E-state index is 8.55. The minimum absolute atomic E-state index is 1.08. The van der Waals surface area contributed by atoms with Gasteiger partial charge in [-0.25, -0.2) is 0 Å². The number of nitrogens with zero attached hydrogens (tertiary/aromatic N) is 1. The van der Waals surface area contributed by atoms with Gasteiger partial charge < -0.3 is 24.2 Å². The molecule has 1 aliphatic rings. The van der Waals surface area contributed by atoms with Crippen LogP contribution in [-0.2, 0) is 4.57 Å². The number of rotatable bonds is 2. The molecule has 0 bridgehead atoms. The minimum atomic E-state index is -5.39. The molecule has 0 unspecified atom stereocenters. The van der Waals surface area contributed by atoms with Crippen LogP contribution in [0.2, 0.25) is 0 Å². The average Bonchev–Trinajstić information content (AvgIpc) is 2.94. The third kappa shape index (κ3) is 4.80. The monoisotopic (exact) mass is 321 g/mol. The van der Waals surface area contributed by atoms with Crippen molar-refractivity contribution in [3.63, 3.8) is 0 Å². The minimum Gasteiger partial charge on any atom is -0.822 e. The molecule has 1 aromatic heterocycles. The van der Waals surface area contributed by atoms with Crippen molar-refractivity contribution >= 4 is 24.3 Å². The molecular weight excluding hydrogens is 303 g/mol. The van der Waals surface area contributed by atoms with E-state index in [1.807, 2.05) is 6.20 Å². The first kappa shape index (κ1) is 16.9. The first-order valence-corrected chi connectivity index (χ1v) is 8.55. The summed E-state index contributed by atoms with van der Waals surface area (Å²) >= 11 is 0. The predicted octanol–water partition coefficient (Wildman–Crippen LogP) is 0.452. The highest BCUT2D eigenvalue weighted by atomic mass is 31.2. The molecule has 7 heteroatoms. The van der Waals surface area contributed by atoms with Crippen LogP contribution in [0.5, 0.6) is 0 Å². The van der Waals surface area contributed by atoms with Gasteiger partial charge in [0.25, 0.3) is 0 Å². The summed E-state index contributed by atoms with van der Waals surface area (Å²) in [5, 5.41) is 1.34. The van der Waals surface area contributed by atoms with Crippen LogP contribution in [0.1, 0.15) is 18.9 Å². The van der Waals surface area contributed by atoms with Gasteiger partial charge in [-0.1, -0.05) is 25.1 Å². The number of benzene rings is 1. The Morgan fingerprint density at radius 2 is 2.00 bits per heavy atom. The van der Waals surface area contributed by atoms with E-state index in [2.05, 4.69) is 47.1 Å². The van der Waals surface area contributed by atoms with Gasteiger partial charge in [-0.15, -0.1) is 0 Å². The standard InChI is InChI=1S/C15H18N2.H3O4P/c1-2-17-10-4-5-12(11-17)13-6-3-7-15-14(13)8-9-16-15;1-5(2,3)4/h3,5-9,16H,2,4,10-11H2,1H3;(H3,1,2,3,4)/p-3. The summed E-state index contributed by atoms with van der Waals surface area (Å²) in [5.74, 6) is 0. The van der Waals surface area contributed by atoms with E-state index >= 15 is 0 Å². The lowest BCUT2D eigenvalue weighted by molar-refractivity contribution is -0.432. The Hall–Kier alpha value is -1.43. The van der Waals surface area contributed by atoms with Gasteiger partial charge in [0.15, 0.2) is 0 Å². The first-order chi connectivity index (χ1) is 10.4. The number of hydrogen-bond acceptors (Lipinski definition) is 5. The fourth-order valence-electron chi connectivity index (χ4n) is 2.64. The number of aromatic amines is 1. The highest BCUT2D eigenvalue weighted by Crippen LogP contribution is 2.27. The molecule has 2 heterocycles. The maximum Gasteiger partial charge on any atom is 0.0460 e. The third-order valence-electron chi connectivity index (χ3n) is 3.62. The van der Waals surface area contributed by atoms with Gasteiger partial charge in [-0.2, -0.15) is 7.82 Å². The van der Waals surface area contributed by atoms with Crippen molar-refractivity contribution in [2.24, 2.45) is 0 Å². The topological polar surface area (TPSA) is 105 Å². The van der Waals surface area contributed by atoms with Gasteiger partial charge in [-0.3, -0.25) is 4.90 Å². The maximum atomic E-state index is 8.55. The molecule has 1 aliphatic heterocycles. The number of H-pyrrole nitrogens is 1. The smallest absolute Gasteiger partial charge is 0.0460 e. The molecule has 22 heavy (non-hydrogen) atoms. The number of hydrogen-bond donors (Lipinski definition) is 1. The van der Waals surface area contributed by atoms with Crippen molar-refractivity contribution in [3.8, 4) is 0 Å². The van der Waals surface area contributed by atoms with Crippen molar-refractivity contribution in [1.29, 1.82) is 0 Å². The molecular formula is C15H18N2O4P-3. The van der Waals surface area contributed by atoms with Gasteiger partial charge in [-0.05, 0) is 36.2 Å². The molecule has 1 N–H and O–H groups in total. The zero-order valence-corrected chi connectivity index (χ0v) is 13.2. The van der Waals surface area contributed by atoms with Crippen molar-refractivity contribution in [3.05, 3.63) is 42.1 Å². The Balaban J connectivity index is 0.000000309. The summed E-state index contributed by atoms with van der Waals surface area (Å²) in [5.41, 5.74) is 4.10. The molecule has 0 spiro atoms. The molecule has 6 nitrogen and oxygen atoms in total. The van der Waals surface area contributed by atoms with Crippen LogP contribution in [0.3, 0.4) is 0 Å². The van der Waals surface area contributed by atoms with Crippen LogP contribution in [-0.4, -0.2) is 29.5 Å². The zero-order chi connectivity index (χ0) is 16.2. The Morgan fingerprint density at radius 1 is 1.27 bits per heavy atom. The SMILES string of the molecule is CCN1CCC=C(c2cccc3[nH]ccc23)C1.O=P([O-])([O-])[O-]. The van der Waals surface area contributed by atoms with Crippen molar-refractivity contribution < 1.29 is 19.2 Å². The summed E-state index contributed by atoms with van der Waals surface area (Å²) in [6.07, 6.45) is 5.59. The number of fused-ring (bicyclic) bond motifs is 1. The van der Waals surface area contributed by atoms with Gasteiger partial charge in [0, 0.05) is 30.2 Å². The van der Waals surface area contributed by atoms with Gasteiger partial charge in [0.05, 0.1) is 0 Å². The van der Waals surface area contributed by atoms with Crippen LogP contribution < -0.4 is 14.7 Å². The molecule has 0 saturated carbocycles. The molecule has 2 aromatic rings. The van der Waals surface area contributed by atoms with Crippen LogP contribution in [0, 0.1) is 0 Å². The van der Waals surface area contributed by atoms with Gasteiger partial charge in [0.1, 0.15) is 0 Å². The van der Waals surface area contributed by atoms with E-state index in [1.165, 1.54) is 35.0 Å². The molecule has 120 valence electrons. The van der Waals surface area contributed by atoms with Crippen LogP contribution in [0.15, 0.2) is 36.5 Å². The fraction of sp³-hybridized carbons (Fsp3) is 0.333. The number of phosphoric acid groups is 1. The molecule has 0 fully saturated rings. The number of aromatic nitrogens is 1. The summed E-state index contributed by atoms with van der Waals surface area (Å²) in [4.78, 5) is 31.4. The number of likely N-dealkylation sites (N-methyl/N-ethyl adjacent to an activating group) is 1. The second-order valence-electron chi connectivity index (χ2n) is 5.08. The highest BCUT2D eigenvalue weighted by molar-refractivity contribution is 7.40. The second kappa shape index (κ2) is 7.22. The second-order valence-corrected chi connectivity index (χ2v) is 5.97. The molecule has 0 amide bonds. The molecule has 0 atom stereocenters. The lowest BCUT2D eigenvalue weighted by Gasteiger charge is -2.36. The Bertz CT molecular complexity index is 696. The van der Waals surface area contributed by atoms with E-state index in [1.54, 1.807) is 0 Å². The first-order valence-electron chi connectivity index (χ1n) is 7.09. The molecule has 0 saturated heterocycles. The normalized spacial score (nSPS) is 16.1. The quantitative estimate of drug-likeness (QED) is 0.809. The van der Waals surface area contributed by atoms with E-state index in [-0.39, 0.29) is 0 Å². The van der Waals surface area contributed by atoms with E-state index in [0.29, 0.717) is 0 Å². The van der Waals surface area contributed by atoms with Crippen molar-refractivity contribution in [2.75, 3.05) is 19.6 Å². The zero-order valence-electron chi connectivity index (χ0n) is 12.3. The summed E-state index contributed by atoms with van der Waals surface area (Å²) in [6, 6.07) is 8.69. The summed E-state index contributed by atoms with van der Waals surface area (Å²) in [7, 11) is -5.39. The molecule has 0 aliphatic carbocycles. The van der Waals surface area contributed by atoms with Crippen molar-refractivity contribution in [2.45, 2.75) is 13.3 Å². The summed E-state index contributed by atoms with van der Waals surface area (Å²) < 4.78 is 8.55. The van der Waals surface area contributed by atoms with Crippen LogP contribution >= 0.6 is 7.82 Å². The Morgan fingerprint density at radius 3 is 2.68 bits per heavy atom. The van der Waals surface area contributed by atoms with Crippen LogP contribution in [0.25, 0.3) is 16.5 Å². The average molecular weight is 321 g/mol. The summed E-state index contributed by atoms with van der Waals surface area (Å²) in [6.45, 7) is 5.66. The van der Waals surface area contributed by atoms with Crippen LogP contribution in [0.4, 0.5) is 0 Å². The Kier molecular flexibility index (Phi) is 5.56. The molecule has 3 rings (SSSR count). The highest BCUT2D eigenvalue weighted by Gasteiger charge is 2.14. The third-order valence-corrected chi connectivity index (χ3v) is 3.62. The van der Waals surface area contributed by atoms with Crippen molar-refractivity contribution in [1.82, 2.24) is 9.88 Å². The predicted molar refractivity (Wildman–Crippen MR) is 80.6 cm³/mol. The molecule has 1 aromatic carbocycles. The Labute approximate surface area is 129 Å². The largest absolute Gasteiger partial charge is 0.822 e. The lowest BCUT2D eigenvalue weighted by atomic mass is 9.98. The van der Waals surface area contributed by atoms with E-state index in [4.69, 9.17) is 19.2 Å². The van der Waals surface area contributed by atoms with E-state index in [9.17, 15) is 0 Å². The number of nitrogens with one attached hydrogen (secondary N) is 1. The molecule has 0 radical (unpaired) electrons. The lowest BCUT2D eigenvalue weighted by Crippen LogP contribution is -2.29. The van der Waals surface area contributed by atoms with E-state index < -0.39 is 7.82 Å². The van der Waals surface area contributed by atoms with Gasteiger partial charge >= 0.3 is 0 Å². The fourth-order valence-corrected chi connectivity index (χ4v) is 2.64.